The summed E-state index contributed by atoms with van der Waals surface area (Å²) in [7, 11) is 3.05. The maximum absolute atomic E-state index is 12.0. The van der Waals surface area contributed by atoms with Gasteiger partial charge in [-0.05, 0) is 49.8 Å². The van der Waals surface area contributed by atoms with E-state index < -0.39 is 18.5 Å². The number of carbonyl (C=O) groups excluding carboxylic acids is 2. The minimum atomic E-state index is -0.637. The van der Waals surface area contributed by atoms with Crippen molar-refractivity contribution in [1.82, 2.24) is 0 Å². The zero-order valence-corrected chi connectivity index (χ0v) is 16.9. The topological polar surface area (TPSA) is 83.1 Å². The average Bonchev–Trinajstić information content (AvgIpc) is 2.71. The molecule has 0 unspecified atom stereocenters. The summed E-state index contributed by atoms with van der Waals surface area (Å²) < 4.78 is 21.1. The highest BCUT2D eigenvalue weighted by atomic mass is 16.5. The van der Waals surface area contributed by atoms with Crippen LogP contribution in [0.3, 0.4) is 0 Å². The molecule has 0 radical (unpaired) electrons. The Morgan fingerprint density at radius 3 is 2.41 bits per heavy atom. The molecule has 0 heterocycles. The van der Waals surface area contributed by atoms with Crippen molar-refractivity contribution in [3.05, 3.63) is 54.1 Å². The number of methoxy groups -OCH3 is 2. The van der Waals surface area contributed by atoms with E-state index in [2.05, 4.69) is 5.32 Å². The normalized spacial score (nSPS) is 10.7. The minimum Gasteiger partial charge on any atom is -0.495 e. The van der Waals surface area contributed by atoms with Gasteiger partial charge in [-0.1, -0.05) is 18.2 Å². The molecule has 0 spiro atoms. The van der Waals surface area contributed by atoms with Crippen molar-refractivity contribution < 1.29 is 28.5 Å². The molecule has 0 aromatic heterocycles. The Labute approximate surface area is 170 Å². The molecule has 2 rings (SSSR count). The van der Waals surface area contributed by atoms with Gasteiger partial charge in [0.05, 0.1) is 26.0 Å². The second-order valence-electron chi connectivity index (χ2n) is 6.27. The third-order valence-electron chi connectivity index (χ3n) is 3.69. The van der Waals surface area contributed by atoms with E-state index >= 15 is 0 Å². The molecule has 154 valence electrons. The van der Waals surface area contributed by atoms with Gasteiger partial charge in [0, 0.05) is 6.08 Å². The molecular weight excluding hydrogens is 374 g/mol. The smallest absolute Gasteiger partial charge is 0.331 e. The summed E-state index contributed by atoms with van der Waals surface area (Å²) in [5, 5.41) is 2.63. The van der Waals surface area contributed by atoms with E-state index in [1.165, 1.54) is 13.2 Å². The van der Waals surface area contributed by atoms with E-state index in [1.807, 2.05) is 13.8 Å². The van der Waals surface area contributed by atoms with Gasteiger partial charge in [0.1, 0.15) is 5.75 Å². The van der Waals surface area contributed by atoms with E-state index in [0.29, 0.717) is 22.9 Å². The number of para-hydroxylation sites is 2. The van der Waals surface area contributed by atoms with Crippen LogP contribution < -0.4 is 19.5 Å². The van der Waals surface area contributed by atoms with Gasteiger partial charge >= 0.3 is 5.97 Å². The first-order chi connectivity index (χ1) is 13.9. The molecule has 7 heteroatoms. The van der Waals surface area contributed by atoms with Crippen LogP contribution in [0, 0.1) is 0 Å². The fourth-order valence-corrected chi connectivity index (χ4v) is 2.42. The molecule has 0 fully saturated rings. The summed E-state index contributed by atoms with van der Waals surface area (Å²) in [4.78, 5) is 23.9. The van der Waals surface area contributed by atoms with E-state index in [-0.39, 0.29) is 6.10 Å². The summed E-state index contributed by atoms with van der Waals surface area (Å²) in [6.07, 6.45) is 2.83. The van der Waals surface area contributed by atoms with Gasteiger partial charge in [-0.15, -0.1) is 0 Å². The number of hydrogen-bond donors (Lipinski definition) is 1. The third-order valence-corrected chi connectivity index (χ3v) is 3.69. The Hall–Kier alpha value is -3.48. The molecule has 0 aliphatic rings. The van der Waals surface area contributed by atoms with Crippen molar-refractivity contribution in [2.45, 2.75) is 20.0 Å². The number of esters is 1. The number of anilines is 1. The summed E-state index contributed by atoms with van der Waals surface area (Å²) in [6, 6.07) is 12.3. The van der Waals surface area contributed by atoms with Crippen LogP contribution in [0.5, 0.6) is 17.2 Å². The largest absolute Gasteiger partial charge is 0.495 e. The standard InChI is InChI=1S/C22H25NO6/c1-15(2)29-19-11-9-16(13-20(19)27-4)10-12-22(25)28-14-21(24)23-17-7-5-6-8-18(17)26-3/h5-13,15H,14H2,1-4H3,(H,23,24)/b12-10+. The molecule has 0 atom stereocenters. The van der Waals surface area contributed by atoms with Crippen molar-refractivity contribution in [3.63, 3.8) is 0 Å². The Morgan fingerprint density at radius 2 is 1.72 bits per heavy atom. The molecule has 2 aromatic carbocycles. The summed E-state index contributed by atoms with van der Waals surface area (Å²) in [5.41, 5.74) is 1.23. The molecule has 0 aliphatic heterocycles. The van der Waals surface area contributed by atoms with E-state index in [9.17, 15) is 9.59 Å². The Kier molecular flexibility index (Phi) is 8.09. The molecule has 1 N–H and O–H groups in total. The molecule has 1 amide bonds. The number of amides is 1. The fraction of sp³-hybridized carbons (Fsp3) is 0.273. The third kappa shape index (κ3) is 6.88. The second-order valence-corrected chi connectivity index (χ2v) is 6.27. The zero-order chi connectivity index (χ0) is 21.2. The van der Waals surface area contributed by atoms with Crippen LogP contribution in [0.2, 0.25) is 0 Å². The molecule has 0 aliphatic carbocycles. The first kappa shape index (κ1) is 21.8. The maximum Gasteiger partial charge on any atom is 0.331 e. The number of benzene rings is 2. The number of hydrogen-bond acceptors (Lipinski definition) is 6. The number of nitrogens with one attached hydrogen (secondary N) is 1. The van der Waals surface area contributed by atoms with Crippen LogP contribution in [0.4, 0.5) is 5.69 Å². The summed E-state index contributed by atoms with van der Waals surface area (Å²) in [5.74, 6) is 0.598. The molecule has 0 saturated heterocycles. The fourth-order valence-electron chi connectivity index (χ4n) is 2.42. The van der Waals surface area contributed by atoms with Crippen LogP contribution in [-0.4, -0.2) is 38.8 Å². The molecule has 2 aromatic rings. The molecule has 0 bridgehead atoms. The maximum atomic E-state index is 12.0. The van der Waals surface area contributed by atoms with Gasteiger partial charge in [-0.3, -0.25) is 4.79 Å². The van der Waals surface area contributed by atoms with Crippen LogP contribution in [0.25, 0.3) is 6.08 Å². The van der Waals surface area contributed by atoms with E-state index in [4.69, 9.17) is 18.9 Å². The molecule has 29 heavy (non-hydrogen) atoms. The lowest BCUT2D eigenvalue weighted by Crippen LogP contribution is -2.20. The van der Waals surface area contributed by atoms with Crippen molar-refractivity contribution in [2.75, 3.05) is 26.1 Å². The van der Waals surface area contributed by atoms with Crippen molar-refractivity contribution in [1.29, 1.82) is 0 Å². The predicted molar refractivity (Wildman–Crippen MR) is 110 cm³/mol. The van der Waals surface area contributed by atoms with Gasteiger partial charge in [-0.25, -0.2) is 4.79 Å². The summed E-state index contributed by atoms with van der Waals surface area (Å²) >= 11 is 0. The van der Waals surface area contributed by atoms with E-state index in [1.54, 1.807) is 55.7 Å². The lowest BCUT2D eigenvalue weighted by molar-refractivity contribution is -0.142. The first-order valence-corrected chi connectivity index (χ1v) is 9.05. The van der Waals surface area contributed by atoms with Crippen molar-refractivity contribution in [3.8, 4) is 17.2 Å². The Morgan fingerprint density at radius 1 is 1.00 bits per heavy atom. The quantitative estimate of drug-likeness (QED) is 0.512. The number of rotatable bonds is 9. The predicted octanol–water partition coefficient (Wildman–Crippen LogP) is 3.69. The molecule has 0 saturated carbocycles. The van der Waals surface area contributed by atoms with Gasteiger partial charge in [-0.2, -0.15) is 0 Å². The highest BCUT2D eigenvalue weighted by molar-refractivity contribution is 5.95. The van der Waals surface area contributed by atoms with Gasteiger partial charge in [0.25, 0.3) is 5.91 Å². The van der Waals surface area contributed by atoms with Crippen LogP contribution in [0.1, 0.15) is 19.4 Å². The first-order valence-electron chi connectivity index (χ1n) is 9.05. The second kappa shape index (κ2) is 10.8. The van der Waals surface area contributed by atoms with E-state index in [0.717, 1.165) is 5.56 Å². The molecule has 7 nitrogen and oxygen atoms in total. The van der Waals surface area contributed by atoms with Crippen LogP contribution in [-0.2, 0) is 14.3 Å². The zero-order valence-electron chi connectivity index (χ0n) is 16.9. The SMILES string of the molecule is COc1ccccc1NC(=O)COC(=O)/C=C/c1ccc(OC(C)C)c(OC)c1. The van der Waals surface area contributed by atoms with Gasteiger partial charge < -0.3 is 24.3 Å². The Balaban J connectivity index is 1.90. The van der Waals surface area contributed by atoms with Gasteiger partial charge in [0.15, 0.2) is 18.1 Å². The average molecular weight is 399 g/mol. The lowest BCUT2D eigenvalue weighted by atomic mass is 10.2. The molecular formula is C22H25NO6. The van der Waals surface area contributed by atoms with Gasteiger partial charge in [0.2, 0.25) is 0 Å². The van der Waals surface area contributed by atoms with Crippen molar-refractivity contribution in [2.24, 2.45) is 0 Å². The Bertz CT molecular complexity index is 875. The minimum absolute atomic E-state index is 0.0160. The highest BCUT2D eigenvalue weighted by Crippen LogP contribution is 2.29. The number of ether oxygens (including phenoxy) is 4. The monoisotopic (exact) mass is 399 g/mol. The summed E-state index contributed by atoms with van der Waals surface area (Å²) in [6.45, 7) is 3.44. The lowest BCUT2D eigenvalue weighted by Gasteiger charge is -2.13. The highest BCUT2D eigenvalue weighted by Gasteiger charge is 2.10. The van der Waals surface area contributed by atoms with Crippen molar-refractivity contribution >= 4 is 23.6 Å². The van der Waals surface area contributed by atoms with Crippen LogP contribution in [0.15, 0.2) is 48.5 Å². The van der Waals surface area contributed by atoms with Crippen LogP contribution >= 0.6 is 0 Å². The number of carbonyl (C=O) groups is 2.